The predicted molar refractivity (Wildman–Crippen MR) is 139 cm³/mol. The highest BCUT2D eigenvalue weighted by Crippen LogP contribution is 2.24. The highest BCUT2D eigenvalue weighted by Gasteiger charge is 2.09. The quantitative estimate of drug-likeness (QED) is 0.339. The van der Waals surface area contributed by atoms with E-state index >= 15 is 0 Å². The van der Waals surface area contributed by atoms with Gasteiger partial charge in [-0.15, -0.1) is 0 Å². The lowest BCUT2D eigenvalue weighted by atomic mass is 10.1. The molecule has 0 saturated carbocycles. The molecule has 0 fully saturated rings. The van der Waals surface area contributed by atoms with Gasteiger partial charge in [0.05, 0.1) is 23.6 Å². The Kier molecular flexibility index (Phi) is 5.55. The topological polar surface area (TPSA) is 117 Å². The van der Waals surface area contributed by atoms with E-state index in [2.05, 4.69) is 31.3 Å². The van der Waals surface area contributed by atoms with E-state index in [0.29, 0.717) is 30.5 Å². The van der Waals surface area contributed by atoms with Gasteiger partial charge in [0.15, 0.2) is 0 Å². The summed E-state index contributed by atoms with van der Waals surface area (Å²) in [6.45, 7) is 1.20. The van der Waals surface area contributed by atoms with Crippen molar-refractivity contribution in [2.24, 2.45) is 0 Å². The van der Waals surface area contributed by atoms with Crippen LogP contribution in [0.2, 0.25) is 0 Å². The van der Waals surface area contributed by atoms with Crippen molar-refractivity contribution in [1.82, 2.24) is 29.7 Å². The molecule has 9 heteroatoms. The van der Waals surface area contributed by atoms with Crippen molar-refractivity contribution in [3.63, 3.8) is 0 Å². The number of benzene rings is 1. The molecule has 9 nitrogen and oxygen atoms in total. The molecule has 0 amide bonds. The van der Waals surface area contributed by atoms with E-state index in [1.165, 1.54) is 0 Å². The first-order valence-electron chi connectivity index (χ1n) is 11.4. The third-order valence-electron chi connectivity index (χ3n) is 5.80. The Bertz CT molecular complexity index is 1650. The fraction of sp³-hybridized carbons (Fsp3) is 0.0741. The number of hydrogen-bond acceptors (Lipinski definition) is 8. The van der Waals surface area contributed by atoms with Gasteiger partial charge in [0.2, 0.25) is 5.88 Å². The highest BCUT2D eigenvalue weighted by atomic mass is 16.5. The maximum Gasteiger partial charge on any atom is 0.219 e. The van der Waals surface area contributed by atoms with Gasteiger partial charge in [0, 0.05) is 49.0 Å². The number of fused-ring (bicyclic) bond motifs is 2. The molecule has 0 saturated heterocycles. The van der Waals surface area contributed by atoms with Crippen LogP contribution in [0.5, 0.6) is 11.6 Å². The molecule has 0 aliphatic carbocycles. The molecule has 0 bridgehead atoms. The largest absolute Gasteiger partial charge is 0.437 e. The number of pyridine rings is 4. The Morgan fingerprint density at radius 3 is 2.64 bits per heavy atom. The number of nitrogens with two attached hydrogens (primary N) is 1. The van der Waals surface area contributed by atoms with Crippen LogP contribution in [-0.4, -0.2) is 29.7 Å². The molecule has 0 aliphatic heterocycles. The standard InChI is InChI=1S/C27H22N8O/c28-26-22-5-3-18(12-20(22)7-10-30-26)13-33-27-23-17-35(34-24(23)8-11-31-27)16-19-4-6-25(32-14-19)36-21-2-1-9-29-15-21/h1-12,14-15,17H,13,16H2,(H2,28,30)(H,31,33). The van der Waals surface area contributed by atoms with Crippen molar-refractivity contribution in [2.45, 2.75) is 13.1 Å². The smallest absolute Gasteiger partial charge is 0.219 e. The first-order valence-corrected chi connectivity index (χ1v) is 11.4. The monoisotopic (exact) mass is 474 g/mol. The molecule has 0 atom stereocenters. The number of rotatable bonds is 7. The molecule has 0 radical (unpaired) electrons. The van der Waals surface area contributed by atoms with Crippen molar-refractivity contribution < 1.29 is 4.74 Å². The zero-order chi connectivity index (χ0) is 24.3. The van der Waals surface area contributed by atoms with Crippen molar-refractivity contribution in [3.05, 3.63) is 103 Å². The van der Waals surface area contributed by atoms with Gasteiger partial charge < -0.3 is 15.8 Å². The fourth-order valence-electron chi connectivity index (χ4n) is 4.04. The first-order chi connectivity index (χ1) is 17.7. The lowest BCUT2D eigenvalue weighted by Crippen LogP contribution is -2.02. The van der Waals surface area contributed by atoms with Crippen LogP contribution in [0.3, 0.4) is 0 Å². The number of nitrogens with one attached hydrogen (secondary N) is 1. The van der Waals surface area contributed by atoms with Crippen LogP contribution < -0.4 is 15.8 Å². The van der Waals surface area contributed by atoms with E-state index in [-0.39, 0.29) is 0 Å². The number of nitrogen functional groups attached to an aromatic ring is 1. The summed E-state index contributed by atoms with van der Waals surface area (Å²) in [7, 11) is 0. The van der Waals surface area contributed by atoms with E-state index in [4.69, 9.17) is 15.6 Å². The van der Waals surface area contributed by atoms with Crippen molar-refractivity contribution >= 4 is 33.3 Å². The number of hydrogen-bond donors (Lipinski definition) is 2. The molecular formula is C27H22N8O. The van der Waals surface area contributed by atoms with Gasteiger partial charge in [-0.25, -0.2) is 15.0 Å². The third kappa shape index (κ3) is 4.49. The lowest BCUT2D eigenvalue weighted by molar-refractivity contribution is 0.460. The van der Waals surface area contributed by atoms with Gasteiger partial charge >= 0.3 is 0 Å². The molecule has 0 unspecified atom stereocenters. The van der Waals surface area contributed by atoms with Gasteiger partial charge in [-0.1, -0.05) is 18.2 Å². The summed E-state index contributed by atoms with van der Waals surface area (Å²) < 4.78 is 7.61. The maximum absolute atomic E-state index is 5.97. The third-order valence-corrected chi connectivity index (χ3v) is 5.80. The Morgan fingerprint density at radius 2 is 1.78 bits per heavy atom. The number of ether oxygens (including phenoxy) is 1. The second-order valence-corrected chi connectivity index (χ2v) is 8.32. The average Bonchev–Trinajstić information content (AvgIpc) is 3.32. The van der Waals surface area contributed by atoms with Crippen molar-refractivity contribution in [3.8, 4) is 11.6 Å². The summed E-state index contributed by atoms with van der Waals surface area (Å²) in [6.07, 6.45) is 10.6. The fourth-order valence-corrected chi connectivity index (χ4v) is 4.04. The molecular weight excluding hydrogens is 452 g/mol. The molecule has 0 spiro atoms. The normalized spacial score (nSPS) is 11.1. The van der Waals surface area contributed by atoms with Crippen LogP contribution in [0, 0.1) is 0 Å². The summed E-state index contributed by atoms with van der Waals surface area (Å²) in [5.41, 5.74) is 8.97. The second-order valence-electron chi connectivity index (χ2n) is 8.32. The summed E-state index contributed by atoms with van der Waals surface area (Å²) >= 11 is 0. The molecule has 36 heavy (non-hydrogen) atoms. The Hall–Kier alpha value is -5.05. The number of anilines is 2. The van der Waals surface area contributed by atoms with Gasteiger partial charge in [-0.2, -0.15) is 5.10 Å². The SMILES string of the molecule is Nc1nccc2cc(CNc3nccc4nn(Cc5ccc(Oc6cccnc6)nc5)cc34)ccc12. The zero-order valence-corrected chi connectivity index (χ0v) is 19.2. The molecule has 0 aliphatic rings. The van der Waals surface area contributed by atoms with Crippen LogP contribution in [0.4, 0.5) is 11.6 Å². The van der Waals surface area contributed by atoms with Crippen LogP contribution in [-0.2, 0) is 13.1 Å². The van der Waals surface area contributed by atoms with E-state index in [9.17, 15) is 0 Å². The molecule has 3 N–H and O–H groups in total. The molecule has 5 aromatic heterocycles. The first kappa shape index (κ1) is 21.5. The Balaban J connectivity index is 1.16. The Labute approximate surface area is 206 Å². The van der Waals surface area contributed by atoms with Crippen molar-refractivity contribution in [2.75, 3.05) is 11.1 Å². The Morgan fingerprint density at radius 1 is 0.861 bits per heavy atom. The summed E-state index contributed by atoms with van der Waals surface area (Å²) in [5, 5.41) is 11.1. The van der Waals surface area contributed by atoms with Crippen molar-refractivity contribution in [1.29, 1.82) is 0 Å². The molecule has 6 rings (SSSR count). The highest BCUT2D eigenvalue weighted by molar-refractivity contribution is 5.91. The van der Waals surface area contributed by atoms with E-state index < -0.39 is 0 Å². The summed E-state index contributed by atoms with van der Waals surface area (Å²) in [6, 6.07) is 17.5. The van der Waals surface area contributed by atoms with Crippen LogP contribution in [0.1, 0.15) is 11.1 Å². The van der Waals surface area contributed by atoms with Gasteiger partial charge in [0.1, 0.15) is 17.4 Å². The van der Waals surface area contributed by atoms with Crippen LogP contribution in [0.15, 0.2) is 91.8 Å². The molecule has 5 heterocycles. The van der Waals surface area contributed by atoms with Crippen LogP contribution >= 0.6 is 0 Å². The van der Waals surface area contributed by atoms with Crippen LogP contribution in [0.25, 0.3) is 21.7 Å². The zero-order valence-electron chi connectivity index (χ0n) is 19.2. The minimum atomic E-state index is 0.515. The van der Waals surface area contributed by atoms with E-state index in [1.54, 1.807) is 31.0 Å². The number of aromatic nitrogens is 6. The minimum Gasteiger partial charge on any atom is -0.437 e. The predicted octanol–water partition coefficient (Wildman–Crippen LogP) is 4.80. The van der Waals surface area contributed by atoms with Gasteiger partial charge in [-0.05, 0) is 46.8 Å². The molecule has 6 aromatic rings. The minimum absolute atomic E-state index is 0.515. The maximum atomic E-state index is 5.97. The summed E-state index contributed by atoms with van der Waals surface area (Å²) in [4.78, 5) is 17.1. The lowest BCUT2D eigenvalue weighted by Gasteiger charge is -2.08. The average molecular weight is 475 g/mol. The molecule has 176 valence electrons. The number of nitrogens with zero attached hydrogens (tertiary/aromatic N) is 6. The molecule has 1 aromatic carbocycles. The van der Waals surface area contributed by atoms with Gasteiger partial charge in [0.25, 0.3) is 0 Å². The summed E-state index contributed by atoms with van der Waals surface area (Å²) in [5.74, 6) is 2.48. The van der Waals surface area contributed by atoms with E-state index in [1.807, 2.05) is 59.4 Å². The van der Waals surface area contributed by atoms with E-state index in [0.717, 1.165) is 38.6 Å². The van der Waals surface area contributed by atoms with Gasteiger partial charge in [-0.3, -0.25) is 9.67 Å². The second kappa shape index (κ2) is 9.30.